The van der Waals surface area contributed by atoms with Crippen molar-refractivity contribution in [1.82, 2.24) is 20.0 Å². The fourth-order valence-corrected chi connectivity index (χ4v) is 3.16. The number of H-pyrrole nitrogens is 1. The highest BCUT2D eigenvalue weighted by Gasteiger charge is 2.27. The van der Waals surface area contributed by atoms with Gasteiger partial charge in [-0.1, -0.05) is 19.9 Å². The van der Waals surface area contributed by atoms with Crippen LogP contribution in [0.15, 0.2) is 27.8 Å². The van der Waals surface area contributed by atoms with Gasteiger partial charge in [-0.3, -0.25) is 29.0 Å². The highest BCUT2D eigenvalue weighted by Crippen LogP contribution is 2.31. The van der Waals surface area contributed by atoms with E-state index >= 15 is 0 Å². The molecule has 0 aliphatic heterocycles. The van der Waals surface area contributed by atoms with E-state index < -0.39 is 23.1 Å². The fraction of sp³-hybridized carbons (Fsp3) is 0.455. The van der Waals surface area contributed by atoms with Gasteiger partial charge in [0, 0.05) is 27.2 Å². The SMILES string of the molecule is CC(C)NC(=O)[C@H](Nc1c(Nc2cccc(C(=O)N(C)C)c2O)c(=O)n(C)[nH]c1=O)C(C)C. The Bertz CT molecular complexity index is 1150. The van der Waals surface area contributed by atoms with Crippen molar-refractivity contribution < 1.29 is 14.7 Å². The molecule has 2 amide bonds. The molecule has 0 fully saturated rings. The number of aromatic hydroxyl groups is 1. The average Bonchev–Trinajstić information content (AvgIpc) is 2.71. The largest absolute Gasteiger partial charge is 0.505 e. The van der Waals surface area contributed by atoms with E-state index in [-0.39, 0.29) is 46.2 Å². The summed E-state index contributed by atoms with van der Waals surface area (Å²) in [4.78, 5) is 52.1. The normalized spacial score (nSPS) is 11.9. The number of aryl methyl sites for hydroxylation is 1. The Morgan fingerprint density at radius 1 is 1.09 bits per heavy atom. The lowest BCUT2D eigenvalue weighted by Crippen LogP contribution is -2.47. The van der Waals surface area contributed by atoms with Gasteiger partial charge in [-0.05, 0) is 31.9 Å². The summed E-state index contributed by atoms with van der Waals surface area (Å²) in [7, 11) is 4.46. The first kappa shape index (κ1) is 25.5. The van der Waals surface area contributed by atoms with Crippen molar-refractivity contribution in [3.05, 3.63) is 44.5 Å². The lowest BCUT2D eigenvalue weighted by Gasteiger charge is -2.25. The summed E-state index contributed by atoms with van der Waals surface area (Å²) in [6, 6.07) is 3.53. The number of rotatable bonds is 8. The molecule has 0 aliphatic rings. The molecule has 33 heavy (non-hydrogen) atoms. The number of anilines is 3. The number of hydrogen-bond acceptors (Lipinski definition) is 7. The first-order chi connectivity index (χ1) is 15.3. The van der Waals surface area contributed by atoms with Crippen LogP contribution in [0, 0.1) is 5.92 Å². The Labute approximate surface area is 191 Å². The number of aromatic nitrogens is 2. The van der Waals surface area contributed by atoms with Crippen molar-refractivity contribution in [3.63, 3.8) is 0 Å². The molecule has 0 saturated heterocycles. The minimum atomic E-state index is -0.809. The van der Waals surface area contributed by atoms with E-state index in [0.29, 0.717) is 0 Å². The number of aromatic amines is 1. The zero-order valence-electron chi connectivity index (χ0n) is 19.9. The van der Waals surface area contributed by atoms with Gasteiger partial charge in [0.1, 0.15) is 17.4 Å². The maximum absolute atomic E-state index is 12.9. The lowest BCUT2D eigenvalue weighted by molar-refractivity contribution is -0.123. The second-order valence-corrected chi connectivity index (χ2v) is 8.61. The average molecular weight is 461 g/mol. The minimum absolute atomic E-state index is 0.0255. The van der Waals surface area contributed by atoms with Crippen LogP contribution in [-0.2, 0) is 11.8 Å². The first-order valence-electron chi connectivity index (χ1n) is 10.6. The van der Waals surface area contributed by atoms with Crippen molar-refractivity contribution in [2.45, 2.75) is 39.8 Å². The molecule has 1 atom stereocenters. The number of phenols is 1. The van der Waals surface area contributed by atoms with Crippen LogP contribution in [0.2, 0.25) is 0 Å². The van der Waals surface area contributed by atoms with E-state index in [9.17, 15) is 24.3 Å². The van der Waals surface area contributed by atoms with Gasteiger partial charge >= 0.3 is 0 Å². The molecule has 0 spiro atoms. The molecule has 0 saturated carbocycles. The molecule has 1 aromatic heterocycles. The third kappa shape index (κ3) is 5.73. The molecular weight excluding hydrogens is 428 g/mol. The summed E-state index contributed by atoms with van der Waals surface area (Å²) < 4.78 is 0.986. The van der Waals surface area contributed by atoms with Crippen LogP contribution >= 0.6 is 0 Å². The topological polar surface area (TPSA) is 149 Å². The molecule has 5 N–H and O–H groups in total. The van der Waals surface area contributed by atoms with Crippen LogP contribution in [0.4, 0.5) is 17.1 Å². The van der Waals surface area contributed by atoms with E-state index in [4.69, 9.17) is 0 Å². The van der Waals surface area contributed by atoms with Crippen molar-refractivity contribution in [3.8, 4) is 5.75 Å². The molecule has 0 radical (unpaired) electrons. The Kier molecular flexibility index (Phi) is 7.91. The zero-order valence-corrected chi connectivity index (χ0v) is 19.9. The van der Waals surface area contributed by atoms with Crippen LogP contribution in [0.1, 0.15) is 38.1 Å². The highest BCUT2D eigenvalue weighted by molar-refractivity contribution is 5.99. The Morgan fingerprint density at radius 3 is 2.27 bits per heavy atom. The molecular formula is C22H32N6O5. The van der Waals surface area contributed by atoms with Crippen molar-refractivity contribution in [2.24, 2.45) is 13.0 Å². The zero-order chi connectivity index (χ0) is 25.0. The molecule has 11 heteroatoms. The molecule has 0 unspecified atom stereocenters. The van der Waals surface area contributed by atoms with Crippen LogP contribution in [0.25, 0.3) is 0 Å². The highest BCUT2D eigenvalue weighted by atomic mass is 16.3. The molecule has 2 aromatic rings. The summed E-state index contributed by atoms with van der Waals surface area (Å²) in [6.07, 6.45) is 0. The van der Waals surface area contributed by atoms with Crippen LogP contribution in [0.5, 0.6) is 5.75 Å². The van der Waals surface area contributed by atoms with Crippen molar-refractivity contribution >= 4 is 28.9 Å². The van der Waals surface area contributed by atoms with Gasteiger partial charge in [0.15, 0.2) is 5.75 Å². The molecule has 0 bridgehead atoms. The van der Waals surface area contributed by atoms with E-state index in [1.165, 1.54) is 30.1 Å². The number of carbonyl (C=O) groups excluding carboxylic acids is 2. The molecule has 1 aromatic carbocycles. The fourth-order valence-electron chi connectivity index (χ4n) is 3.16. The minimum Gasteiger partial charge on any atom is -0.505 e. The van der Waals surface area contributed by atoms with Gasteiger partial charge < -0.3 is 26.0 Å². The van der Waals surface area contributed by atoms with Gasteiger partial charge in [-0.15, -0.1) is 0 Å². The second-order valence-electron chi connectivity index (χ2n) is 8.61. The third-order valence-corrected chi connectivity index (χ3v) is 4.88. The monoisotopic (exact) mass is 460 g/mol. The quantitative estimate of drug-likeness (QED) is 0.372. The number of nitrogens with one attached hydrogen (secondary N) is 4. The summed E-state index contributed by atoms with van der Waals surface area (Å²) in [5, 5.41) is 21.5. The summed E-state index contributed by atoms with van der Waals surface area (Å²) in [5.74, 6) is -1.34. The summed E-state index contributed by atoms with van der Waals surface area (Å²) >= 11 is 0. The Balaban J connectivity index is 2.59. The van der Waals surface area contributed by atoms with E-state index in [1.54, 1.807) is 14.1 Å². The van der Waals surface area contributed by atoms with E-state index in [1.807, 2.05) is 27.7 Å². The Morgan fingerprint density at radius 2 is 1.73 bits per heavy atom. The number of benzene rings is 1. The maximum atomic E-state index is 12.9. The molecule has 1 heterocycles. The standard InChI is InChI=1S/C22H32N6O5/c1-11(2)15(19(30)23-12(3)4)25-16-17(22(33)28(7)26-20(16)31)24-14-10-8-9-13(18(14)29)21(32)27(5)6/h8-12,15,24-25,29H,1-7H3,(H,23,30)(H,26,31)/t15-/m1/s1. The Hall–Kier alpha value is -3.76. The predicted molar refractivity (Wildman–Crippen MR) is 127 cm³/mol. The van der Waals surface area contributed by atoms with Crippen LogP contribution in [0.3, 0.4) is 0 Å². The molecule has 11 nitrogen and oxygen atoms in total. The number of para-hydroxylation sites is 1. The van der Waals surface area contributed by atoms with Crippen LogP contribution in [-0.4, -0.2) is 57.8 Å². The van der Waals surface area contributed by atoms with Gasteiger partial charge in [-0.25, -0.2) is 0 Å². The molecule has 0 aliphatic carbocycles. The van der Waals surface area contributed by atoms with Gasteiger partial charge in [0.25, 0.3) is 17.0 Å². The smallest absolute Gasteiger partial charge is 0.290 e. The summed E-state index contributed by atoms with van der Waals surface area (Å²) in [6.45, 7) is 7.25. The number of nitrogens with zero attached hydrogens (tertiary/aromatic N) is 2. The molecule has 2 rings (SSSR count). The van der Waals surface area contributed by atoms with Crippen molar-refractivity contribution in [1.29, 1.82) is 0 Å². The number of hydrogen-bond donors (Lipinski definition) is 5. The van der Waals surface area contributed by atoms with E-state index in [2.05, 4.69) is 21.0 Å². The number of phenolic OH excluding ortho intramolecular Hbond substituents is 1. The molecule has 180 valence electrons. The van der Waals surface area contributed by atoms with Crippen LogP contribution < -0.4 is 27.1 Å². The second kappa shape index (κ2) is 10.2. The van der Waals surface area contributed by atoms with Gasteiger partial charge in [0.2, 0.25) is 5.91 Å². The predicted octanol–water partition coefficient (Wildman–Crippen LogP) is 1.19. The number of carbonyl (C=O) groups is 2. The van der Waals surface area contributed by atoms with Gasteiger partial charge in [-0.2, -0.15) is 0 Å². The lowest BCUT2D eigenvalue weighted by atomic mass is 10.0. The van der Waals surface area contributed by atoms with Gasteiger partial charge in [0.05, 0.1) is 11.3 Å². The maximum Gasteiger partial charge on any atom is 0.290 e. The number of amides is 2. The van der Waals surface area contributed by atoms with E-state index in [0.717, 1.165) is 4.68 Å². The third-order valence-electron chi connectivity index (χ3n) is 4.88. The summed E-state index contributed by atoms with van der Waals surface area (Å²) in [5.41, 5.74) is -1.48. The van der Waals surface area contributed by atoms with Crippen molar-refractivity contribution in [2.75, 3.05) is 24.7 Å². The first-order valence-corrected chi connectivity index (χ1v) is 10.6.